The molecule has 12 nitrogen and oxygen atoms in total. The van der Waals surface area contributed by atoms with Crippen molar-refractivity contribution in [3.8, 4) is 0 Å². The Morgan fingerprint density at radius 1 is 1.55 bits per heavy atom. The van der Waals surface area contributed by atoms with Gasteiger partial charge in [-0.15, -0.1) is 0 Å². The van der Waals surface area contributed by atoms with Gasteiger partial charge in [-0.2, -0.15) is 0 Å². The topological polar surface area (TPSA) is 186 Å². The normalized spacial score (nSPS) is 28.2. The largest absolute Gasteiger partial charge is 0.399 e. The molecule has 0 unspecified atom stereocenters. The molecule has 1 rings (SSSR count). The molecule has 1 fully saturated rings. The van der Waals surface area contributed by atoms with Gasteiger partial charge in [0.15, 0.2) is 6.23 Å². The highest BCUT2D eigenvalue weighted by Gasteiger charge is 2.44. The van der Waals surface area contributed by atoms with E-state index in [0.29, 0.717) is 6.20 Å². The summed E-state index contributed by atoms with van der Waals surface area (Å²) in [6.07, 6.45) is -3.89. The Hall–Kier alpha value is -2.28. The van der Waals surface area contributed by atoms with Crippen LogP contribution < -0.4 is 16.4 Å². The van der Waals surface area contributed by atoms with Crippen LogP contribution in [-0.4, -0.2) is 65.3 Å². The van der Waals surface area contributed by atoms with Crippen molar-refractivity contribution in [2.75, 3.05) is 13.7 Å². The third-order valence-electron chi connectivity index (χ3n) is 2.88. The highest BCUT2D eigenvalue weighted by Crippen LogP contribution is 2.21. The van der Waals surface area contributed by atoms with E-state index in [1.807, 2.05) is 0 Å². The Balaban J connectivity index is 2.65. The van der Waals surface area contributed by atoms with Gasteiger partial charge in [0.05, 0.1) is 17.7 Å². The Morgan fingerprint density at radius 2 is 2.18 bits per heavy atom. The monoisotopic (exact) mass is 320 g/mol. The molecule has 0 aliphatic carbocycles. The average molecular weight is 320 g/mol. The molecule has 6 N–H and O–H groups in total. The van der Waals surface area contributed by atoms with Crippen molar-refractivity contribution >= 4 is 11.9 Å². The fourth-order valence-electron chi connectivity index (χ4n) is 1.82. The summed E-state index contributed by atoms with van der Waals surface area (Å²) in [7, 11) is 1.25. The Morgan fingerprint density at radius 3 is 2.64 bits per heavy atom. The van der Waals surface area contributed by atoms with E-state index in [4.69, 9.17) is 20.3 Å². The fourth-order valence-corrected chi connectivity index (χ4v) is 1.82. The Kier molecular flexibility index (Phi) is 6.18. The zero-order chi connectivity index (χ0) is 16.9. The summed E-state index contributed by atoms with van der Waals surface area (Å²) in [6, 6.07) is -1.12. The number of carbonyl (C=O) groups is 2. The molecule has 0 radical (unpaired) electrons. The molecule has 0 bridgehead atoms. The molecule has 0 saturated carbocycles. The lowest BCUT2D eigenvalue weighted by molar-refractivity contribution is -0.419. The highest BCUT2D eigenvalue weighted by molar-refractivity contribution is 6.02. The van der Waals surface area contributed by atoms with E-state index in [2.05, 4.69) is 5.32 Å². The predicted octanol–water partition coefficient (Wildman–Crippen LogP) is -3.02. The highest BCUT2D eigenvalue weighted by atomic mass is 16.6. The predicted molar refractivity (Wildman–Crippen MR) is 68.5 cm³/mol. The van der Waals surface area contributed by atoms with E-state index in [1.165, 1.54) is 7.11 Å². The van der Waals surface area contributed by atoms with Crippen molar-refractivity contribution in [2.45, 2.75) is 24.5 Å². The summed E-state index contributed by atoms with van der Waals surface area (Å²) in [4.78, 5) is 32.4. The number of ether oxygens (including phenoxy) is 2. The number of amides is 3. The van der Waals surface area contributed by atoms with Gasteiger partial charge in [0, 0.05) is 7.11 Å². The van der Waals surface area contributed by atoms with Crippen LogP contribution in [0, 0.1) is 10.1 Å². The van der Waals surface area contributed by atoms with Crippen LogP contribution in [0.3, 0.4) is 0 Å². The summed E-state index contributed by atoms with van der Waals surface area (Å²) < 4.78 is 10.1. The van der Waals surface area contributed by atoms with Crippen LogP contribution in [0.2, 0.25) is 0 Å². The lowest BCUT2D eigenvalue weighted by Crippen LogP contribution is -2.50. The number of nitrogens with zero attached hydrogens (tertiary/aromatic N) is 1. The van der Waals surface area contributed by atoms with Crippen LogP contribution in [0.15, 0.2) is 11.9 Å². The van der Waals surface area contributed by atoms with Gasteiger partial charge in [0.2, 0.25) is 0 Å². The molecule has 1 aliphatic rings. The molecule has 22 heavy (non-hydrogen) atoms. The van der Waals surface area contributed by atoms with Crippen molar-refractivity contribution < 1.29 is 34.2 Å². The van der Waals surface area contributed by atoms with Gasteiger partial charge in [0.1, 0.15) is 18.3 Å². The number of aliphatic hydroxyl groups excluding tert-OH is 2. The molecule has 12 heteroatoms. The van der Waals surface area contributed by atoms with Crippen molar-refractivity contribution in [2.24, 2.45) is 5.73 Å². The molecule has 1 heterocycles. The number of methoxy groups -OCH3 is 1. The molecule has 4 atom stereocenters. The van der Waals surface area contributed by atoms with Crippen LogP contribution in [-0.2, 0) is 14.3 Å². The zero-order valence-electron chi connectivity index (χ0n) is 11.5. The first-order valence-electron chi connectivity index (χ1n) is 6.01. The average Bonchev–Trinajstić information content (AvgIpc) is 2.74. The van der Waals surface area contributed by atoms with Gasteiger partial charge < -0.3 is 30.7 Å². The molecule has 124 valence electrons. The quantitative estimate of drug-likeness (QED) is 0.199. The molecule has 0 spiro atoms. The van der Waals surface area contributed by atoms with Gasteiger partial charge >= 0.3 is 17.6 Å². The maximum Gasteiger partial charge on any atom is 0.349 e. The number of hydrogen-bond donors (Lipinski definition) is 5. The summed E-state index contributed by atoms with van der Waals surface area (Å²) in [5.74, 6) is -1.32. The fraction of sp³-hybridized carbons (Fsp3) is 0.600. The Bertz CT molecular complexity index is 482. The second kappa shape index (κ2) is 7.65. The third-order valence-corrected chi connectivity index (χ3v) is 2.88. The minimum Gasteiger partial charge on any atom is -0.399 e. The van der Waals surface area contributed by atoms with Gasteiger partial charge in [-0.25, -0.2) is 4.79 Å². The molecule has 0 aromatic carbocycles. The molecule has 1 saturated heterocycles. The van der Waals surface area contributed by atoms with Crippen LogP contribution >= 0.6 is 0 Å². The lowest BCUT2D eigenvalue weighted by Gasteiger charge is -2.19. The van der Waals surface area contributed by atoms with E-state index < -0.39 is 53.7 Å². The standard InChI is InChI=1S/C10H16N4O8/c1-21-7-6(16)5(3-15)22-9(7)13-10(18)12-8(17)4(2-11)14(19)20/h2,5-7,9,15-16H,3,11H2,1H3,(H2,12,13,17,18)/b4-2+/t5-,6-,7-,9-/m1/s1. The first-order valence-corrected chi connectivity index (χ1v) is 6.01. The number of nitro groups is 1. The minimum absolute atomic E-state index is 0.443. The molecule has 1 aliphatic heterocycles. The van der Waals surface area contributed by atoms with E-state index in [0.717, 1.165) is 0 Å². The molecule has 3 amide bonds. The van der Waals surface area contributed by atoms with E-state index in [-0.39, 0.29) is 0 Å². The SMILES string of the molecule is CO[C@@H]1[C@H](O)[C@@H](CO)O[C@H]1NC(=O)NC(=O)/C(=C\N)[N+](=O)[O-]. The summed E-state index contributed by atoms with van der Waals surface area (Å²) in [6.45, 7) is -0.513. The molecular formula is C10H16N4O8. The smallest absolute Gasteiger partial charge is 0.349 e. The van der Waals surface area contributed by atoms with E-state index in [9.17, 15) is 24.8 Å². The van der Waals surface area contributed by atoms with Gasteiger partial charge in [-0.3, -0.25) is 20.2 Å². The first kappa shape index (κ1) is 17.8. The minimum atomic E-state index is -1.32. The summed E-state index contributed by atoms with van der Waals surface area (Å²) in [5, 5.41) is 33.0. The number of rotatable bonds is 5. The molecule has 0 aromatic rings. The van der Waals surface area contributed by atoms with Crippen LogP contribution in [0.5, 0.6) is 0 Å². The van der Waals surface area contributed by atoms with Crippen LogP contribution in [0.25, 0.3) is 0 Å². The lowest BCUT2D eigenvalue weighted by atomic mass is 10.1. The number of carbonyl (C=O) groups excluding carboxylic acids is 2. The number of nitrogens with two attached hydrogens (primary N) is 1. The van der Waals surface area contributed by atoms with E-state index in [1.54, 1.807) is 5.32 Å². The second-order valence-electron chi connectivity index (χ2n) is 4.21. The molecule has 0 aromatic heterocycles. The number of nitrogens with one attached hydrogen (secondary N) is 2. The van der Waals surface area contributed by atoms with Crippen molar-refractivity contribution in [3.05, 3.63) is 22.0 Å². The second-order valence-corrected chi connectivity index (χ2v) is 4.21. The van der Waals surface area contributed by atoms with Crippen LogP contribution in [0.4, 0.5) is 4.79 Å². The first-order chi connectivity index (χ1) is 10.3. The van der Waals surface area contributed by atoms with Crippen molar-refractivity contribution in [3.63, 3.8) is 0 Å². The zero-order valence-corrected chi connectivity index (χ0v) is 11.5. The third kappa shape index (κ3) is 3.88. The molecular weight excluding hydrogens is 304 g/mol. The number of imide groups is 1. The maximum absolute atomic E-state index is 11.6. The maximum atomic E-state index is 11.6. The van der Waals surface area contributed by atoms with E-state index >= 15 is 0 Å². The van der Waals surface area contributed by atoms with Gasteiger partial charge in [0.25, 0.3) is 0 Å². The summed E-state index contributed by atoms with van der Waals surface area (Å²) >= 11 is 0. The summed E-state index contributed by atoms with van der Waals surface area (Å²) in [5.41, 5.74) is 3.90. The van der Waals surface area contributed by atoms with Gasteiger partial charge in [-0.05, 0) is 0 Å². The van der Waals surface area contributed by atoms with Crippen LogP contribution in [0.1, 0.15) is 0 Å². The van der Waals surface area contributed by atoms with Crippen molar-refractivity contribution in [1.29, 1.82) is 0 Å². The number of urea groups is 1. The van der Waals surface area contributed by atoms with Crippen molar-refractivity contribution in [1.82, 2.24) is 10.6 Å². The van der Waals surface area contributed by atoms with Gasteiger partial charge in [-0.1, -0.05) is 0 Å². The Labute approximate surface area is 124 Å². The number of hydrogen-bond acceptors (Lipinski definition) is 9. The number of aliphatic hydroxyl groups is 2.